The average molecular weight is 1620 g/mol. The summed E-state index contributed by atoms with van der Waals surface area (Å²) in [5, 5.41) is 115. The Balaban J connectivity index is 0.000000132. The fourth-order valence-electron chi connectivity index (χ4n) is 10.2. The molecule has 0 unspecified atom stereocenters. The van der Waals surface area contributed by atoms with Crippen LogP contribution in [0.5, 0.6) is 5.75 Å². The number of anilines is 2. The Morgan fingerprint density at radius 1 is 0.605 bits per heavy atom. The number of nitrogens with one attached hydrogen (secondary N) is 7. The topological polar surface area (TPSA) is 700 Å². The first-order valence-electron chi connectivity index (χ1n) is 35.2. The maximum absolute atomic E-state index is 12.2. The fourth-order valence-corrected chi connectivity index (χ4v) is 10.2. The molecule has 0 atom stereocenters. The largest absolute Gasteiger partial charge is 0.496 e. The van der Waals surface area contributed by atoms with Gasteiger partial charge in [0.15, 0.2) is 34.6 Å². The molecule has 1 aliphatic rings. The summed E-state index contributed by atoms with van der Waals surface area (Å²) in [7, 11) is 1.55. The minimum absolute atomic E-state index is 0.0532. The van der Waals surface area contributed by atoms with Crippen molar-refractivity contribution in [2.75, 3.05) is 24.8 Å². The molecule has 119 heavy (non-hydrogen) atoms. The minimum atomic E-state index is -0.941. The van der Waals surface area contributed by atoms with Crippen molar-refractivity contribution in [1.29, 1.82) is 0 Å². The molecule has 15 heterocycles. The number of hydrogen-bond donors (Lipinski definition) is 9. The van der Waals surface area contributed by atoms with Crippen LogP contribution < -0.4 is 32.6 Å². The SMILES string of the molecule is CCOC(=O)Cc1nn[nH]n1.CCc1ccc(OC)c(C(=O)Cc2nn[nH]n2)c1.Cc1cc2nnnn2c(N)n1.Cc1cc2nnnn2c(NCc2ccccc2)n1.Cc1ccn2nnnc2n1.O=C(O)Cc1nnnn1Cc1ccccc1.O=c1[nH]cc(-c2nn[nH]n2)c(=O)[nH]1.O=c1c2c(nc3nn[nH]n13)CCC2.c1cnc2nnnn2c1. The van der Waals surface area contributed by atoms with Crippen LogP contribution in [0, 0.1) is 20.8 Å². The first-order valence-corrected chi connectivity index (χ1v) is 35.2. The number of H-pyrrole nitrogens is 6. The molecule has 54 nitrogen and oxygen atoms in total. The number of carboxylic acids is 1. The van der Waals surface area contributed by atoms with Crippen LogP contribution >= 0.6 is 0 Å². The number of ketones is 1. The number of carboxylic acid groups (broad SMARTS) is 1. The Bertz CT molecular complexity index is 6390. The van der Waals surface area contributed by atoms with Gasteiger partial charge in [-0.1, -0.05) is 99.4 Å². The molecule has 19 rings (SSSR count). The number of carbonyl (C=O) groups is 3. The minimum Gasteiger partial charge on any atom is -0.496 e. The highest BCUT2D eigenvalue weighted by molar-refractivity contribution is 5.99. The second-order valence-electron chi connectivity index (χ2n) is 24.0. The molecule has 0 saturated heterocycles. The van der Waals surface area contributed by atoms with Crippen LogP contribution in [0.1, 0.15) is 93.1 Å². The standard InChI is InChI=1S/C12H12N6.C12H14N4O2.C10H10N4O2.C7H7N5O.C5H4N6O2.C5H6N6.C5H5N5.C5H8N4O2.C4H3N5/c1-9-7-11-15-16-17-18(11)12(14-9)13-8-10-5-3-2-4-6-10;1-3-8-4-5-11(18-2)9(6-8)10(17)7-12-13-15-16-14-12;15-10(16)6-9-11-12-13-14(9)7-8-4-2-1-3-5-8;13-6-4-2-1-3-5(4)8-7-9-10-11-12(6)7;12-4-2(1-6-5(13)7-4)3-8-10-11-9-3;1-3-2-4-8-9-10-11(4)5(6)7-3;1-4-2-3-10-5(6-4)7-8-9-10;1-2-11-5(10)3-4-6-8-9-7-4;1-2-5-4-6-7-8-9(4)3-1/h2-7H,8H2,1H3,(H,13,14);4-6H,3,7H2,1-2H3,(H,13,14,15,16);1-5H,6-7H2,(H,15,16);1-3H2,(H,8,9,11);1H,(H2,6,7,12,13)(H,8,9,10,11);2H,1H3,(H2,6,7);2-3H,1H3;2-3H2,1H3,(H,6,7,8,9);1-3H. The fraction of sp³-hybridized carbons (Fsp3) is 0.246. The van der Waals surface area contributed by atoms with Crippen molar-refractivity contribution < 1.29 is 29.0 Å². The first kappa shape index (κ1) is 82.8. The summed E-state index contributed by atoms with van der Waals surface area (Å²) in [5.74, 6) is 2.83. The number of methoxy groups -OCH3 is 1. The van der Waals surface area contributed by atoms with E-state index in [1.807, 2.05) is 112 Å². The van der Waals surface area contributed by atoms with E-state index in [4.69, 9.17) is 15.6 Å². The molecule has 0 spiro atoms. The number of aromatic amines is 6. The van der Waals surface area contributed by atoms with Crippen molar-refractivity contribution >= 4 is 58.2 Å². The number of rotatable bonds is 16. The first-order chi connectivity index (χ1) is 57.9. The van der Waals surface area contributed by atoms with Crippen LogP contribution in [0.25, 0.3) is 40.0 Å². The monoisotopic (exact) mass is 1620 g/mol. The molecule has 3 aromatic carbocycles. The summed E-state index contributed by atoms with van der Waals surface area (Å²) < 4.78 is 18.6. The third kappa shape index (κ3) is 23.7. The van der Waals surface area contributed by atoms with Gasteiger partial charge >= 0.3 is 17.6 Å². The van der Waals surface area contributed by atoms with Gasteiger partial charge in [-0.15, -0.1) is 45.9 Å². The van der Waals surface area contributed by atoms with Crippen molar-refractivity contribution in [3.63, 3.8) is 0 Å². The molecule has 18 aromatic rings. The van der Waals surface area contributed by atoms with E-state index in [0.717, 1.165) is 65.1 Å². The Kier molecular flexibility index (Phi) is 28.8. The molecular weight excluding hydrogens is 1560 g/mol. The Morgan fingerprint density at radius 2 is 1.27 bits per heavy atom. The highest BCUT2D eigenvalue weighted by Gasteiger charge is 2.20. The molecule has 608 valence electrons. The molecule has 0 aliphatic heterocycles. The number of aryl methyl sites for hydroxylation is 5. The van der Waals surface area contributed by atoms with E-state index >= 15 is 0 Å². The van der Waals surface area contributed by atoms with Crippen LogP contribution in [0.15, 0.2) is 142 Å². The Labute approximate surface area is 663 Å². The molecule has 0 bridgehead atoms. The van der Waals surface area contributed by atoms with Crippen LogP contribution in [0.3, 0.4) is 0 Å². The van der Waals surface area contributed by atoms with Crippen molar-refractivity contribution in [1.82, 2.24) is 217 Å². The van der Waals surface area contributed by atoms with Gasteiger partial charge in [0, 0.05) is 66.1 Å². The number of esters is 1. The number of benzene rings is 3. The summed E-state index contributed by atoms with van der Waals surface area (Å²) in [6.07, 6.45) is 9.99. The molecular formula is C65H69N45O9. The molecule has 0 saturated carbocycles. The number of nitrogens with zero attached hydrogens (tertiary/aromatic N) is 37. The second-order valence-corrected chi connectivity index (χ2v) is 24.0. The van der Waals surface area contributed by atoms with E-state index in [1.165, 1.54) is 34.5 Å². The lowest BCUT2D eigenvalue weighted by molar-refractivity contribution is -0.142. The van der Waals surface area contributed by atoms with Gasteiger partial charge in [-0.05, 0) is 157 Å². The number of aromatic nitrogens is 43. The molecule has 10 N–H and O–H groups in total. The lowest BCUT2D eigenvalue weighted by Crippen LogP contribution is -2.22. The molecule has 1 aliphatic carbocycles. The van der Waals surface area contributed by atoms with E-state index in [0.29, 0.717) is 89.0 Å². The number of nitrogen functional groups attached to an aromatic ring is 1. The van der Waals surface area contributed by atoms with E-state index in [2.05, 4.69) is 207 Å². The average Bonchev–Trinajstić information content (AvgIpc) is 1.64. The number of aliphatic carboxylic acids is 1. The van der Waals surface area contributed by atoms with Gasteiger partial charge in [0.2, 0.25) is 17.7 Å². The second kappa shape index (κ2) is 41.4. The smallest absolute Gasteiger partial charge is 0.325 e. The van der Waals surface area contributed by atoms with Crippen LogP contribution in [-0.4, -0.2) is 254 Å². The van der Waals surface area contributed by atoms with E-state index < -0.39 is 17.2 Å². The van der Waals surface area contributed by atoms with Crippen molar-refractivity contribution in [2.24, 2.45) is 0 Å². The maximum Gasteiger partial charge on any atom is 0.325 e. The normalized spacial score (nSPS) is 10.8. The van der Waals surface area contributed by atoms with Gasteiger partial charge in [0.05, 0.1) is 37.9 Å². The van der Waals surface area contributed by atoms with Gasteiger partial charge in [-0.3, -0.25) is 29.0 Å². The number of ether oxygens (including phenoxy) is 2. The zero-order valence-electron chi connectivity index (χ0n) is 63.5. The molecule has 0 fully saturated rings. The number of hydrogen-bond acceptors (Lipinski definition) is 41. The predicted molar refractivity (Wildman–Crippen MR) is 405 cm³/mol. The quantitative estimate of drug-likeness (QED) is 0.0396. The van der Waals surface area contributed by atoms with E-state index in [-0.39, 0.29) is 48.0 Å². The summed E-state index contributed by atoms with van der Waals surface area (Å²) >= 11 is 0. The lowest BCUT2D eigenvalue weighted by Gasteiger charge is -2.08. The third-order valence-corrected chi connectivity index (χ3v) is 15.7. The summed E-state index contributed by atoms with van der Waals surface area (Å²) in [5.41, 5.74) is 14.0. The molecule has 15 aromatic heterocycles. The lowest BCUT2D eigenvalue weighted by atomic mass is 10.0. The van der Waals surface area contributed by atoms with Gasteiger partial charge in [0.1, 0.15) is 24.2 Å². The number of fused-ring (bicyclic) bond motifs is 6. The molecule has 54 heteroatoms. The highest BCUT2D eigenvalue weighted by atomic mass is 16.5. The van der Waals surface area contributed by atoms with E-state index in [9.17, 15) is 28.8 Å². The molecule has 0 radical (unpaired) electrons. The summed E-state index contributed by atoms with van der Waals surface area (Å²) in [6.45, 7) is 11.0. The summed E-state index contributed by atoms with van der Waals surface area (Å²) in [6, 6.07) is 32.6. The van der Waals surface area contributed by atoms with E-state index in [1.54, 1.807) is 49.3 Å². The number of carbonyl (C=O) groups excluding carboxylic acids is 2. The van der Waals surface area contributed by atoms with Gasteiger partial charge < -0.3 is 30.6 Å². The zero-order chi connectivity index (χ0) is 83.8. The van der Waals surface area contributed by atoms with Crippen LogP contribution in [-0.2, 0) is 65.9 Å². The number of tetrazole rings is 9. The van der Waals surface area contributed by atoms with Gasteiger partial charge in [0.25, 0.3) is 28.5 Å². The van der Waals surface area contributed by atoms with Gasteiger partial charge in [-0.2, -0.15) is 43.4 Å². The Morgan fingerprint density at radius 3 is 1.94 bits per heavy atom. The number of Topliss-reactive ketones (excluding diaryl/α,β-unsaturated/α-hetero) is 1. The maximum atomic E-state index is 12.2. The van der Waals surface area contributed by atoms with Crippen LogP contribution in [0.2, 0.25) is 0 Å². The molecule has 0 amide bonds. The zero-order valence-corrected chi connectivity index (χ0v) is 63.5. The highest BCUT2D eigenvalue weighted by Crippen LogP contribution is 2.22. The summed E-state index contributed by atoms with van der Waals surface area (Å²) in [4.78, 5) is 91.8. The number of nitrogens with two attached hydrogens (primary N) is 1. The van der Waals surface area contributed by atoms with Crippen molar-refractivity contribution in [3.8, 4) is 17.1 Å². The third-order valence-electron chi connectivity index (χ3n) is 15.7. The predicted octanol–water partition coefficient (Wildman–Crippen LogP) is -1.41. The Hall–Kier alpha value is -17.2. The van der Waals surface area contributed by atoms with Crippen LogP contribution in [0.4, 0.5) is 11.9 Å². The van der Waals surface area contributed by atoms with Gasteiger partial charge in [-0.25, -0.2) is 34.4 Å². The van der Waals surface area contributed by atoms with Crippen molar-refractivity contribution in [2.45, 2.75) is 92.7 Å². The van der Waals surface area contributed by atoms with Crippen molar-refractivity contribution in [3.05, 3.63) is 227 Å².